The molecule has 19 heavy (non-hydrogen) atoms. The van der Waals surface area contributed by atoms with E-state index in [1.165, 1.54) is 12.1 Å². The summed E-state index contributed by atoms with van der Waals surface area (Å²) in [5, 5.41) is 5.94. The molecule has 0 radical (unpaired) electrons. The van der Waals surface area contributed by atoms with Crippen molar-refractivity contribution in [3.05, 3.63) is 24.0 Å². The normalized spacial score (nSPS) is 14.6. The Kier molecular flexibility index (Phi) is 3.06. The molecule has 0 aliphatic heterocycles. The predicted molar refractivity (Wildman–Crippen MR) is 70.3 cm³/mol. The first kappa shape index (κ1) is 12.0. The average molecular weight is 262 g/mol. The lowest BCUT2D eigenvalue weighted by Crippen LogP contribution is -2.27. The number of nitrogens with zero attached hydrogens (tertiary/aromatic N) is 1. The van der Waals surface area contributed by atoms with Crippen molar-refractivity contribution in [1.82, 2.24) is 15.3 Å². The lowest BCUT2D eigenvalue weighted by atomic mass is 10.3. The summed E-state index contributed by atoms with van der Waals surface area (Å²) in [4.78, 5) is 18.7. The van der Waals surface area contributed by atoms with Crippen LogP contribution in [0, 0.1) is 5.82 Å². The van der Waals surface area contributed by atoms with E-state index in [1.54, 1.807) is 6.07 Å². The van der Waals surface area contributed by atoms with E-state index < -0.39 is 0 Å². The number of H-pyrrole nitrogens is 1. The summed E-state index contributed by atoms with van der Waals surface area (Å²) >= 11 is 0. The van der Waals surface area contributed by atoms with Crippen LogP contribution in [0.25, 0.3) is 11.0 Å². The average Bonchev–Trinajstić information content (AvgIpc) is 3.07. The van der Waals surface area contributed by atoms with Gasteiger partial charge in [0.2, 0.25) is 11.9 Å². The molecule has 6 heteroatoms. The minimum absolute atomic E-state index is 0.0529. The third-order valence-corrected chi connectivity index (χ3v) is 3.03. The largest absolute Gasteiger partial charge is 0.355 e. The Labute approximate surface area is 109 Å². The fourth-order valence-electron chi connectivity index (χ4n) is 1.89. The van der Waals surface area contributed by atoms with Gasteiger partial charge in [0.25, 0.3) is 0 Å². The van der Waals surface area contributed by atoms with Crippen molar-refractivity contribution < 1.29 is 9.18 Å². The molecular weight excluding hydrogens is 247 g/mol. The molecule has 0 unspecified atom stereocenters. The monoisotopic (exact) mass is 262 g/mol. The summed E-state index contributed by atoms with van der Waals surface area (Å²) in [6.07, 6.45) is 2.59. The Bertz CT molecular complexity index is 606. The lowest BCUT2D eigenvalue weighted by molar-refractivity contribution is -0.120. The number of halogens is 1. The van der Waals surface area contributed by atoms with E-state index in [4.69, 9.17) is 0 Å². The Morgan fingerprint density at radius 3 is 3.11 bits per heavy atom. The summed E-state index contributed by atoms with van der Waals surface area (Å²) in [5.74, 6) is 0.309. The fraction of sp³-hybridized carbons (Fsp3) is 0.385. The molecule has 0 bridgehead atoms. The molecule has 2 aromatic rings. The van der Waals surface area contributed by atoms with Gasteiger partial charge in [-0.15, -0.1) is 0 Å². The van der Waals surface area contributed by atoms with E-state index in [1.807, 2.05) is 0 Å². The zero-order valence-corrected chi connectivity index (χ0v) is 10.4. The van der Waals surface area contributed by atoms with Gasteiger partial charge in [0.1, 0.15) is 5.82 Å². The van der Waals surface area contributed by atoms with Gasteiger partial charge in [-0.05, 0) is 31.0 Å². The van der Waals surface area contributed by atoms with Crippen molar-refractivity contribution >= 4 is 22.9 Å². The van der Waals surface area contributed by atoms with Crippen LogP contribution in [-0.4, -0.2) is 28.5 Å². The number of rotatable bonds is 5. The number of aromatic amines is 1. The third-order valence-electron chi connectivity index (χ3n) is 3.03. The summed E-state index contributed by atoms with van der Waals surface area (Å²) in [5.41, 5.74) is 1.34. The molecule has 1 aromatic heterocycles. The minimum atomic E-state index is -0.300. The molecule has 3 rings (SSSR count). The maximum absolute atomic E-state index is 13.0. The lowest BCUT2D eigenvalue weighted by Gasteiger charge is -2.03. The molecule has 1 saturated carbocycles. The van der Waals surface area contributed by atoms with Crippen LogP contribution in [-0.2, 0) is 4.79 Å². The van der Waals surface area contributed by atoms with Crippen LogP contribution >= 0.6 is 0 Å². The maximum Gasteiger partial charge on any atom is 0.221 e. The van der Waals surface area contributed by atoms with Crippen LogP contribution in [0.3, 0.4) is 0 Å². The van der Waals surface area contributed by atoms with Crippen LogP contribution in [0.5, 0.6) is 0 Å². The molecule has 1 heterocycles. The molecule has 3 N–H and O–H groups in total. The van der Waals surface area contributed by atoms with Gasteiger partial charge in [-0.25, -0.2) is 9.37 Å². The number of amides is 1. The topological polar surface area (TPSA) is 69.8 Å². The number of nitrogens with one attached hydrogen (secondary N) is 3. The number of carbonyl (C=O) groups excluding carboxylic acids is 1. The Balaban J connectivity index is 1.54. The van der Waals surface area contributed by atoms with Crippen LogP contribution in [0.1, 0.15) is 19.3 Å². The summed E-state index contributed by atoms with van der Waals surface area (Å²) in [6, 6.07) is 4.77. The zero-order valence-electron chi connectivity index (χ0n) is 10.4. The molecular formula is C13H15FN4O. The van der Waals surface area contributed by atoms with Crippen LogP contribution < -0.4 is 10.6 Å². The number of fused-ring (bicyclic) bond motifs is 1. The Morgan fingerprint density at radius 2 is 2.32 bits per heavy atom. The molecule has 0 atom stereocenters. The number of hydrogen-bond donors (Lipinski definition) is 3. The smallest absolute Gasteiger partial charge is 0.221 e. The van der Waals surface area contributed by atoms with Gasteiger partial charge in [0.05, 0.1) is 11.0 Å². The number of hydrogen-bond acceptors (Lipinski definition) is 3. The van der Waals surface area contributed by atoms with E-state index in [0.717, 1.165) is 12.8 Å². The number of imidazole rings is 1. The van der Waals surface area contributed by atoms with Crippen molar-refractivity contribution in [1.29, 1.82) is 0 Å². The zero-order chi connectivity index (χ0) is 13.2. The summed E-state index contributed by atoms with van der Waals surface area (Å²) < 4.78 is 13.0. The van der Waals surface area contributed by atoms with Crippen molar-refractivity contribution in [3.63, 3.8) is 0 Å². The highest BCUT2D eigenvalue weighted by molar-refractivity contribution is 5.78. The van der Waals surface area contributed by atoms with E-state index in [9.17, 15) is 9.18 Å². The van der Waals surface area contributed by atoms with Crippen molar-refractivity contribution in [2.24, 2.45) is 0 Å². The first-order valence-electron chi connectivity index (χ1n) is 6.39. The third kappa shape index (κ3) is 3.01. The predicted octanol–water partition coefficient (Wildman–Crippen LogP) is 1.78. The van der Waals surface area contributed by atoms with Crippen LogP contribution in [0.2, 0.25) is 0 Å². The van der Waals surface area contributed by atoms with E-state index in [0.29, 0.717) is 36.0 Å². The second-order valence-corrected chi connectivity index (χ2v) is 4.77. The summed E-state index contributed by atoms with van der Waals surface area (Å²) in [7, 11) is 0. The summed E-state index contributed by atoms with van der Waals surface area (Å²) in [6.45, 7) is 0.501. The van der Waals surface area contributed by atoms with Gasteiger partial charge in [-0.3, -0.25) is 4.79 Å². The van der Waals surface area contributed by atoms with Gasteiger partial charge in [-0.2, -0.15) is 0 Å². The van der Waals surface area contributed by atoms with Gasteiger partial charge in [0.15, 0.2) is 0 Å². The maximum atomic E-state index is 13.0. The van der Waals surface area contributed by atoms with Crippen molar-refractivity contribution in [3.8, 4) is 0 Å². The first-order valence-corrected chi connectivity index (χ1v) is 6.39. The van der Waals surface area contributed by atoms with Crippen molar-refractivity contribution in [2.75, 3.05) is 11.9 Å². The molecule has 5 nitrogen and oxygen atoms in total. The van der Waals surface area contributed by atoms with Crippen LogP contribution in [0.4, 0.5) is 10.3 Å². The van der Waals surface area contributed by atoms with Crippen LogP contribution in [0.15, 0.2) is 18.2 Å². The molecule has 0 spiro atoms. The standard InChI is InChI=1S/C13H15FN4O/c14-8-1-4-10-11(7-8)18-13(17-10)15-6-5-12(19)16-9-2-3-9/h1,4,7,9H,2-3,5-6H2,(H,16,19)(H2,15,17,18). The molecule has 100 valence electrons. The number of aromatic nitrogens is 2. The van der Waals surface area contributed by atoms with Gasteiger partial charge in [-0.1, -0.05) is 0 Å². The Hall–Kier alpha value is -2.11. The highest BCUT2D eigenvalue weighted by Crippen LogP contribution is 2.18. The number of benzene rings is 1. The second kappa shape index (κ2) is 4.87. The molecule has 1 fully saturated rings. The molecule has 1 amide bonds. The van der Waals surface area contributed by atoms with Gasteiger partial charge < -0.3 is 15.6 Å². The fourth-order valence-corrected chi connectivity index (χ4v) is 1.89. The molecule has 1 aliphatic carbocycles. The van der Waals surface area contributed by atoms with E-state index in [-0.39, 0.29) is 11.7 Å². The number of anilines is 1. The minimum Gasteiger partial charge on any atom is -0.355 e. The molecule has 1 aliphatic rings. The molecule has 1 aromatic carbocycles. The highest BCUT2D eigenvalue weighted by atomic mass is 19.1. The van der Waals surface area contributed by atoms with E-state index >= 15 is 0 Å². The number of carbonyl (C=O) groups is 1. The molecule has 0 saturated heterocycles. The van der Waals surface area contributed by atoms with Gasteiger partial charge >= 0.3 is 0 Å². The highest BCUT2D eigenvalue weighted by Gasteiger charge is 2.22. The van der Waals surface area contributed by atoms with Gasteiger partial charge in [0, 0.05) is 19.0 Å². The first-order chi connectivity index (χ1) is 9.20. The quantitative estimate of drug-likeness (QED) is 0.769. The SMILES string of the molecule is O=C(CCNc1nc2ccc(F)cc2[nH]1)NC1CC1. The Morgan fingerprint density at radius 1 is 1.47 bits per heavy atom. The second-order valence-electron chi connectivity index (χ2n) is 4.77. The van der Waals surface area contributed by atoms with Crippen molar-refractivity contribution in [2.45, 2.75) is 25.3 Å². The van der Waals surface area contributed by atoms with E-state index in [2.05, 4.69) is 20.6 Å².